The summed E-state index contributed by atoms with van der Waals surface area (Å²) in [6.07, 6.45) is 5.02. The van der Waals surface area contributed by atoms with Crippen molar-refractivity contribution in [3.05, 3.63) is 101 Å². The highest BCUT2D eigenvalue weighted by Gasteiger charge is 2.40. The quantitative estimate of drug-likeness (QED) is 0.0998. The van der Waals surface area contributed by atoms with Gasteiger partial charge in [-0.1, -0.05) is 6.07 Å². The van der Waals surface area contributed by atoms with Crippen LogP contribution in [0.2, 0.25) is 0 Å². The van der Waals surface area contributed by atoms with Crippen molar-refractivity contribution in [1.82, 2.24) is 39.7 Å². The van der Waals surface area contributed by atoms with Crippen LogP contribution in [0.4, 0.5) is 27.3 Å². The summed E-state index contributed by atoms with van der Waals surface area (Å²) in [6, 6.07) is 15.8. The molecule has 4 amide bonds. The number of nitrogens with one attached hydrogen (secondary N) is 3. The third-order valence-electron chi connectivity index (χ3n) is 13.6. The topological polar surface area (TPSA) is 180 Å². The first-order valence-corrected chi connectivity index (χ1v) is 22.7. The van der Waals surface area contributed by atoms with Crippen molar-refractivity contribution >= 4 is 52.2 Å². The van der Waals surface area contributed by atoms with Crippen LogP contribution < -0.4 is 25.8 Å². The zero-order valence-corrected chi connectivity index (χ0v) is 37.2. The highest BCUT2D eigenvalue weighted by molar-refractivity contribution is 6.07. The first-order valence-electron chi connectivity index (χ1n) is 22.7. The van der Waals surface area contributed by atoms with Gasteiger partial charge in [0.25, 0.3) is 11.8 Å². The minimum absolute atomic E-state index is 0.165. The molecule has 0 radical (unpaired) electrons. The van der Waals surface area contributed by atoms with Crippen molar-refractivity contribution in [2.75, 3.05) is 88.2 Å². The van der Waals surface area contributed by atoms with Crippen LogP contribution in [0.25, 0.3) is 16.9 Å². The number of aliphatic hydroxyl groups is 1. The number of hydrogen-bond donors (Lipinski definition) is 4. The van der Waals surface area contributed by atoms with Crippen molar-refractivity contribution in [1.29, 1.82) is 0 Å². The van der Waals surface area contributed by atoms with E-state index in [1.54, 1.807) is 17.3 Å². The lowest BCUT2D eigenvalue weighted by Gasteiger charge is -2.40. The van der Waals surface area contributed by atoms with E-state index < -0.39 is 17.6 Å². The van der Waals surface area contributed by atoms with Crippen molar-refractivity contribution in [2.24, 2.45) is 0 Å². The fourth-order valence-electron chi connectivity index (χ4n) is 10.0. The normalized spacial score (nSPS) is 19.7. The lowest BCUT2D eigenvalue weighted by Crippen LogP contribution is -2.52. The number of amides is 4. The van der Waals surface area contributed by atoms with Gasteiger partial charge < -0.3 is 40.1 Å². The molecule has 3 fully saturated rings. The third kappa shape index (κ3) is 8.56. The largest absolute Gasteiger partial charge is 0.387 e. The number of hydrogen-bond acceptors (Lipinski definition) is 13. The summed E-state index contributed by atoms with van der Waals surface area (Å²) in [4.78, 5) is 70.5. The highest BCUT2D eigenvalue weighted by Crippen LogP contribution is 2.37. The molecule has 0 spiro atoms. The number of carbonyl (C=O) groups excluding carboxylic acids is 4. The van der Waals surface area contributed by atoms with E-state index in [9.17, 15) is 28.7 Å². The molecule has 5 aliphatic heterocycles. The molecule has 3 saturated heterocycles. The van der Waals surface area contributed by atoms with Crippen molar-refractivity contribution in [3.63, 3.8) is 0 Å². The van der Waals surface area contributed by atoms with Crippen molar-refractivity contribution in [3.8, 4) is 11.3 Å². The molecule has 0 aliphatic carbocycles. The number of piperazine rings is 1. The van der Waals surface area contributed by atoms with Gasteiger partial charge in [0.15, 0.2) is 0 Å². The maximum absolute atomic E-state index is 13.9. The predicted octanol–water partition coefficient (Wildman–Crippen LogP) is 3.52. The van der Waals surface area contributed by atoms with Gasteiger partial charge in [0.2, 0.25) is 11.8 Å². The van der Waals surface area contributed by atoms with Crippen molar-refractivity contribution in [2.45, 2.75) is 57.0 Å². The lowest BCUT2D eigenvalue weighted by atomic mass is 9.92. The molecule has 17 nitrogen and oxygen atoms in total. The van der Waals surface area contributed by atoms with Crippen LogP contribution in [0.3, 0.4) is 0 Å². The number of aromatic nitrogens is 3. The molecule has 344 valence electrons. The van der Waals surface area contributed by atoms with Gasteiger partial charge in [-0.05, 0) is 86.9 Å². The smallest absolute Gasteiger partial charge is 0.255 e. The predicted molar refractivity (Wildman–Crippen MR) is 245 cm³/mol. The zero-order valence-electron chi connectivity index (χ0n) is 37.2. The molecule has 10 rings (SSSR count). The Labute approximate surface area is 381 Å². The molecule has 18 heteroatoms. The van der Waals surface area contributed by atoms with E-state index in [1.807, 2.05) is 48.8 Å². The minimum atomic E-state index is -0.929. The molecule has 2 aromatic carbocycles. The van der Waals surface area contributed by atoms with Gasteiger partial charge in [0.1, 0.15) is 23.3 Å². The maximum atomic E-state index is 13.9. The molecule has 1 unspecified atom stereocenters. The number of fused-ring (bicyclic) bond motifs is 3. The number of rotatable bonds is 13. The van der Waals surface area contributed by atoms with E-state index in [-0.39, 0.29) is 36.6 Å². The number of pyridine rings is 2. The Morgan fingerprint density at radius 3 is 2.55 bits per heavy atom. The van der Waals surface area contributed by atoms with E-state index in [0.29, 0.717) is 86.9 Å². The minimum Gasteiger partial charge on any atom is -0.387 e. The average molecular weight is 900 g/mol. The van der Waals surface area contributed by atoms with E-state index in [1.165, 1.54) is 12.1 Å². The molecule has 5 aromatic rings. The van der Waals surface area contributed by atoms with Gasteiger partial charge in [-0.15, -0.1) is 0 Å². The van der Waals surface area contributed by atoms with E-state index in [0.717, 1.165) is 72.2 Å². The zero-order chi connectivity index (χ0) is 45.7. The standard InChI is InChI=1S/C48H54FN11O6/c1-55(2)28-37-38(7-9-41(53-37)52-36-6-5-34(35-25-51-46(63)44(35)36)40-26-50-42-24-31(49)11-14-59(40)42)58-15-12-48(65,13-16-58)29-66-22-21-56-17-19-57(20-18-56)32-3-4-33-30(23-32)27-60(47(33)64)39-8-10-43(61)54-45(39)62/h3-7,9,11,14,23-24,26,39,65H,8,10,12-13,15-22,25,27-29H2,1-2H3,(H,51,63)(H,52,53)(H,54,61,62). The lowest BCUT2D eigenvalue weighted by molar-refractivity contribution is -0.136. The second-order valence-electron chi connectivity index (χ2n) is 18.3. The van der Waals surface area contributed by atoms with Gasteiger partial charge in [-0.2, -0.15) is 0 Å². The SMILES string of the molecule is CN(C)Cc1nc(Nc2ccc(-c3cnc4cc(F)ccn34)c3c2C(=O)NC3)ccc1N1CCC(O)(COCCN2CCN(c3ccc4c(c3)CN(C3CCC(=O)NC3=O)C4=O)CC2)CC1. The summed E-state index contributed by atoms with van der Waals surface area (Å²) in [5.74, 6) is -0.800. The highest BCUT2D eigenvalue weighted by atomic mass is 19.1. The maximum Gasteiger partial charge on any atom is 0.255 e. The molecule has 3 aromatic heterocycles. The second kappa shape index (κ2) is 17.7. The Hall–Kier alpha value is -6.47. The molecule has 66 heavy (non-hydrogen) atoms. The van der Waals surface area contributed by atoms with Crippen molar-refractivity contribution < 1.29 is 33.4 Å². The second-order valence-corrected chi connectivity index (χ2v) is 18.3. The summed E-state index contributed by atoms with van der Waals surface area (Å²) in [5, 5.41) is 20.3. The number of benzene rings is 2. The monoisotopic (exact) mass is 899 g/mol. The number of imide groups is 1. The number of nitrogens with zero attached hydrogens (tertiary/aromatic N) is 8. The molecule has 0 saturated carbocycles. The Morgan fingerprint density at radius 2 is 1.76 bits per heavy atom. The van der Waals surface area contributed by atoms with Crippen LogP contribution in [-0.2, 0) is 34.0 Å². The Bertz CT molecular complexity index is 2730. The van der Waals surface area contributed by atoms with Crippen LogP contribution in [0.15, 0.2) is 67.0 Å². The molecule has 8 heterocycles. The van der Waals surface area contributed by atoms with Crippen LogP contribution >= 0.6 is 0 Å². The van der Waals surface area contributed by atoms with E-state index in [2.05, 4.69) is 52.7 Å². The van der Waals surface area contributed by atoms with E-state index >= 15 is 0 Å². The Balaban J connectivity index is 0.709. The fourth-order valence-corrected chi connectivity index (χ4v) is 10.0. The van der Waals surface area contributed by atoms with Crippen LogP contribution in [0, 0.1) is 5.82 Å². The number of piperidine rings is 2. The summed E-state index contributed by atoms with van der Waals surface area (Å²) in [7, 11) is 4.00. The van der Waals surface area contributed by atoms with Crippen LogP contribution in [0.5, 0.6) is 0 Å². The molecule has 0 bridgehead atoms. The number of halogens is 1. The molecule has 5 aliphatic rings. The Kier molecular flexibility index (Phi) is 11.7. The van der Waals surface area contributed by atoms with Crippen LogP contribution in [-0.4, -0.2) is 143 Å². The molecular weight excluding hydrogens is 846 g/mol. The molecule has 4 N–H and O–H groups in total. The number of imidazole rings is 1. The summed E-state index contributed by atoms with van der Waals surface area (Å²) < 4.78 is 21.8. The first-order chi connectivity index (χ1) is 31.9. The van der Waals surface area contributed by atoms with Gasteiger partial charge in [-0.25, -0.2) is 14.4 Å². The number of ether oxygens (including phenoxy) is 1. The Morgan fingerprint density at radius 1 is 0.955 bits per heavy atom. The summed E-state index contributed by atoms with van der Waals surface area (Å²) in [5.41, 5.74) is 7.63. The third-order valence-corrected chi connectivity index (χ3v) is 13.6. The van der Waals surface area contributed by atoms with Gasteiger partial charge >= 0.3 is 0 Å². The molecular formula is C48H54FN11O6. The average Bonchev–Trinajstić information content (AvgIpc) is 4.00. The van der Waals surface area contributed by atoms with Gasteiger partial charge in [0.05, 0.1) is 53.3 Å². The fraction of sp³-hybridized carbons (Fsp3) is 0.417. The van der Waals surface area contributed by atoms with E-state index in [4.69, 9.17) is 9.72 Å². The van der Waals surface area contributed by atoms with Gasteiger partial charge in [-0.3, -0.25) is 33.8 Å². The number of anilines is 4. The molecule has 1 atom stereocenters. The summed E-state index contributed by atoms with van der Waals surface area (Å²) in [6.45, 7) is 7.52. The van der Waals surface area contributed by atoms with Gasteiger partial charge in [0, 0.05) is 101 Å². The number of carbonyl (C=O) groups is 4. The van der Waals surface area contributed by atoms with Crippen LogP contribution in [0.1, 0.15) is 63.2 Å². The first kappa shape index (κ1) is 43.4. The summed E-state index contributed by atoms with van der Waals surface area (Å²) >= 11 is 0.